The normalized spacial score (nSPS) is 20.7. The number of hydrogen-bond donors (Lipinski definition) is 0. The summed E-state index contributed by atoms with van der Waals surface area (Å²) in [5.41, 5.74) is 2.63. The van der Waals surface area contributed by atoms with E-state index in [0.717, 1.165) is 5.56 Å². The second kappa shape index (κ2) is 10.9. The van der Waals surface area contributed by atoms with E-state index in [0.29, 0.717) is 42.0 Å². The van der Waals surface area contributed by atoms with Gasteiger partial charge in [0.15, 0.2) is 11.5 Å². The summed E-state index contributed by atoms with van der Waals surface area (Å²) < 4.78 is 52.9. The lowest BCUT2D eigenvalue weighted by atomic mass is 9.74. The molecule has 194 valence electrons. The molecule has 8 nitrogen and oxygen atoms in total. The van der Waals surface area contributed by atoms with Gasteiger partial charge in [-0.25, -0.2) is 8.78 Å². The number of esters is 1. The first-order chi connectivity index (χ1) is 17.2. The summed E-state index contributed by atoms with van der Waals surface area (Å²) in [6, 6.07) is 4.93. The predicted molar refractivity (Wildman–Crippen MR) is 128 cm³/mol. The SMILES string of the molecule is COc1cc(C2=NC3CCC(OC(C)=O)CC3c3cc(OCC(F)F)c(OC)cc32)c(Cl)c(OC)n1. The molecule has 2 heterocycles. The third kappa shape index (κ3) is 5.18. The summed E-state index contributed by atoms with van der Waals surface area (Å²) in [5.74, 6) is 0.460. The standard InChI is InChI=1S/C25H27ClF2N2O6/c1-12(31)36-13-5-6-18-15(7-13)14-8-20(35-11-21(27)28)19(32-2)9-16(14)24(29-18)17-10-22(33-3)30-25(34-4)23(17)26/h8-10,13,15,18,21H,5-7,11H2,1-4H3. The fourth-order valence-corrected chi connectivity index (χ4v) is 5.07. The van der Waals surface area contributed by atoms with Gasteiger partial charge in [-0.2, -0.15) is 4.98 Å². The Kier molecular flexibility index (Phi) is 7.82. The number of ether oxygens (including phenoxy) is 5. The molecule has 2 aromatic rings. The van der Waals surface area contributed by atoms with Crippen molar-refractivity contribution in [1.82, 2.24) is 4.98 Å². The minimum absolute atomic E-state index is 0.133. The number of rotatable bonds is 8. The number of alkyl halides is 2. The van der Waals surface area contributed by atoms with Gasteiger partial charge in [0.1, 0.15) is 17.7 Å². The molecule has 1 fully saturated rings. The number of aromatic nitrogens is 1. The van der Waals surface area contributed by atoms with Crippen molar-refractivity contribution in [2.45, 2.75) is 50.7 Å². The largest absolute Gasteiger partial charge is 0.493 e. The van der Waals surface area contributed by atoms with E-state index in [1.54, 1.807) is 18.2 Å². The molecule has 0 saturated heterocycles. The number of benzene rings is 1. The van der Waals surface area contributed by atoms with Crippen LogP contribution in [0.3, 0.4) is 0 Å². The van der Waals surface area contributed by atoms with Crippen LogP contribution in [0.2, 0.25) is 5.02 Å². The quantitative estimate of drug-likeness (QED) is 0.457. The third-order valence-corrected chi connectivity index (χ3v) is 6.68. The summed E-state index contributed by atoms with van der Waals surface area (Å²) in [6.07, 6.45) is -1.08. The average Bonchev–Trinajstić information content (AvgIpc) is 2.86. The zero-order valence-electron chi connectivity index (χ0n) is 20.3. The molecule has 1 aromatic heterocycles. The van der Waals surface area contributed by atoms with E-state index in [-0.39, 0.29) is 46.4 Å². The Labute approximate surface area is 212 Å². The van der Waals surface area contributed by atoms with Crippen molar-refractivity contribution < 1.29 is 37.3 Å². The van der Waals surface area contributed by atoms with Crippen molar-refractivity contribution in [2.75, 3.05) is 27.9 Å². The lowest BCUT2D eigenvalue weighted by Gasteiger charge is -2.38. The maximum Gasteiger partial charge on any atom is 0.302 e. The number of pyridine rings is 1. The van der Waals surface area contributed by atoms with Crippen molar-refractivity contribution in [3.05, 3.63) is 39.9 Å². The molecular weight excluding hydrogens is 498 g/mol. The number of hydrogen-bond acceptors (Lipinski definition) is 8. The highest BCUT2D eigenvalue weighted by atomic mass is 35.5. The molecule has 1 aliphatic carbocycles. The van der Waals surface area contributed by atoms with Crippen LogP contribution in [0.25, 0.3) is 0 Å². The summed E-state index contributed by atoms with van der Waals surface area (Å²) in [5, 5.41) is 0.257. The van der Waals surface area contributed by atoms with Gasteiger partial charge in [0, 0.05) is 30.0 Å². The van der Waals surface area contributed by atoms with Gasteiger partial charge < -0.3 is 23.7 Å². The molecular formula is C25H27ClF2N2O6. The van der Waals surface area contributed by atoms with Gasteiger partial charge in [-0.05, 0) is 37.0 Å². The van der Waals surface area contributed by atoms with Crippen LogP contribution >= 0.6 is 11.6 Å². The second-order valence-electron chi connectivity index (χ2n) is 8.52. The minimum Gasteiger partial charge on any atom is -0.493 e. The lowest BCUT2D eigenvalue weighted by Crippen LogP contribution is -2.36. The molecule has 4 rings (SSSR count). The molecule has 0 bridgehead atoms. The molecule has 0 amide bonds. The average molecular weight is 525 g/mol. The van der Waals surface area contributed by atoms with E-state index < -0.39 is 13.0 Å². The fraction of sp³-hybridized carbons (Fsp3) is 0.480. The number of carbonyl (C=O) groups is 1. The monoisotopic (exact) mass is 524 g/mol. The second-order valence-corrected chi connectivity index (χ2v) is 8.90. The Balaban J connectivity index is 1.88. The van der Waals surface area contributed by atoms with E-state index in [9.17, 15) is 13.6 Å². The highest BCUT2D eigenvalue weighted by Gasteiger charge is 2.39. The van der Waals surface area contributed by atoms with Crippen molar-refractivity contribution in [3.8, 4) is 23.3 Å². The predicted octanol–water partition coefficient (Wildman–Crippen LogP) is 4.82. The Hall–Kier alpha value is -3.14. The molecule has 1 aliphatic heterocycles. The summed E-state index contributed by atoms with van der Waals surface area (Å²) in [7, 11) is 4.37. The van der Waals surface area contributed by atoms with Gasteiger partial charge in [-0.3, -0.25) is 9.79 Å². The van der Waals surface area contributed by atoms with Crippen LogP contribution in [-0.2, 0) is 9.53 Å². The Bertz CT molecular complexity index is 1180. The Morgan fingerprint density at radius 1 is 1.08 bits per heavy atom. The van der Waals surface area contributed by atoms with Crippen molar-refractivity contribution >= 4 is 23.3 Å². The number of carbonyl (C=O) groups excluding carboxylic acids is 1. The molecule has 3 unspecified atom stereocenters. The Morgan fingerprint density at radius 2 is 1.86 bits per heavy atom. The molecule has 0 radical (unpaired) electrons. The number of aliphatic imine (C=N–C) groups is 1. The van der Waals surface area contributed by atoms with E-state index in [2.05, 4.69) is 4.98 Å². The van der Waals surface area contributed by atoms with Gasteiger partial charge in [-0.15, -0.1) is 0 Å². The summed E-state index contributed by atoms with van der Waals surface area (Å²) in [6.45, 7) is 0.607. The van der Waals surface area contributed by atoms with Crippen LogP contribution in [0.1, 0.15) is 48.8 Å². The third-order valence-electron chi connectivity index (χ3n) is 6.31. The zero-order chi connectivity index (χ0) is 26.0. The first-order valence-corrected chi connectivity index (χ1v) is 11.8. The van der Waals surface area contributed by atoms with E-state index in [4.69, 9.17) is 40.3 Å². The van der Waals surface area contributed by atoms with Gasteiger partial charge in [0.05, 0.1) is 33.1 Å². The zero-order valence-corrected chi connectivity index (χ0v) is 21.1. The Morgan fingerprint density at radius 3 is 2.50 bits per heavy atom. The number of fused-ring (bicyclic) bond motifs is 3. The van der Waals surface area contributed by atoms with E-state index in [1.807, 2.05) is 0 Å². The first kappa shape index (κ1) is 25.9. The van der Waals surface area contributed by atoms with Crippen molar-refractivity contribution in [1.29, 1.82) is 0 Å². The number of halogens is 3. The topological polar surface area (TPSA) is 88.5 Å². The van der Waals surface area contributed by atoms with Crippen LogP contribution in [0.5, 0.6) is 23.3 Å². The molecule has 11 heteroatoms. The van der Waals surface area contributed by atoms with Crippen molar-refractivity contribution in [2.24, 2.45) is 4.99 Å². The molecule has 3 atom stereocenters. The lowest BCUT2D eigenvalue weighted by molar-refractivity contribution is -0.148. The number of methoxy groups -OCH3 is 3. The fourth-order valence-electron chi connectivity index (χ4n) is 4.80. The number of nitrogens with zero attached hydrogens (tertiary/aromatic N) is 2. The first-order valence-electron chi connectivity index (χ1n) is 11.4. The maximum atomic E-state index is 12.9. The minimum atomic E-state index is -2.64. The van der Waals surface area contributed by atoms with Crippen LogP contribution in [0.15, 0.2) is 23.2 Å². The van der Waals surface area contributed by atoms with Crippen LogP contribution in [-0.4, -0.2) is 63.2 Å². The highest BCUT2D eigenvalue weighted by Crippen LogP contribution is 2.46. The maximum absolute atomic E-state index is 12.9. The summed E-state index contributed by atoms with van der Waals surface area (Å²) >= 11 is 6.66. The van der Waals surface area contributed by atoms with Gasteiger partial charge >= 0.3 is 5.97 Å². The van der Waals surface area contributed by atoms with Crippen LogP contribution in [0.4, 0.5) is 8.78 Å². The van der Waals surface area contributed by atoms with Gasteiger partial charge in [0.2, 0.25) is 11.8 Å². The van der Waals surface area contributed by atoms with Gasteiger partial charge in [0.25, 0.3) is 6.43 Å². The van der Waals surface area contributed by atoms with Crippen LogP contribution in [0, 0.1) is 0 Å². The molecule has 1 aromatic carbocycles. The molecule has 2 aliphatic rings. The highest BCUT2D eigenvalue weighted by molar-refractivity contribution is 6.37. The van der Waals surface area contributed by atoms with Gasteiger partial charge in [-0.1, -0.05) is 11.6 Å². The molecule has 0 N–H and O–H groups in total. The van der Waals surface area contributed by atoms with E-state index in [1.165, 1.54) is 28.3 Å². The van der Waals surface area contributed by atoms with Crippen molar-refractivity contribution in [3.63, 3.8) is 0 Å². The molecule has 0 spiro atoms. The summed E-state index contributed by atoms with van der Waals surface area (Å²) in [4.78, 5) is 20.9. The smallest absolute Gasteiger partial charge is 0.302 e. The van der Waals surface area contributed by atoms with Crippen LogP contribution < -0.4 is 18.9 Å². The van der Waals surface area contributed by atoms with E-state index >= 15 is 0 Å². The molecule has 1 saturated carbocycles. The molecule has 36 heavy (non-hydrogen) atoms.